The molecule has 3 aliphatic rings. The van der Waals surface area contributed by atoms with Gasteiger partial charge in [-0.25, -0.2) is 0 Å². The zero-order valence-electron chi connectivity index (χ0n) is 12.5. The first-order valence-electron chi connectivity index (χ1n) is 7.51. The van der Waals surface area contributed by atoms with Crippen molar-refractivity contribution in [2.24, 2.45) is 0 Å². The predicted octanol–water partition coefficient (Wildman–Crippen LogP) is 6.64. The second-order valence-electron chi connectivity index (χ2n) is 5.12. The molecule has 3 rings (SSSR count). The van der Waals surface area contributed by atoms with Crippen LogP contribution in [0.25, 0.3) is 0 Å². The molecule has 0 aromatic rings. The molecule has 0 saturated carbocycles. The maximum absolute atomic E-state index is 11.8. The van der Waals surface area contributed by atoms with Gasteiger partial charge in [-0.05, 0) is 35.5 Å². The number of hydrogen-bond acceptors (Lipinski definition) is 8. The van der Waals surface area contributed by atoms with Crippen molar-refractivity contribution in [3.8, 4) is 0 Å². The van der Waals surface area contributed by atoms with Crippen LogP contribution in [0.3, 0.4) is 0 Å². The molecular formula is C15H18O2S6. The standard InChI is InChI=1S/C15H18O2S6/c16-13(4-2-1-3-11-5-6-21-23-11)17-9-12-10-20-15(22-12)14-18-7-8-19-14/h7-8,10-11H,1-6,9H2. The highest BCUT2D eigenvalue weighted by atomic mass is 33.1. The van der Waals surface area contributed by atoms with E-state index in [1.807, 2.05) is 21.6 Å². The number of esters is 1. The quantitative estimate of drug-likeness (QED) is 0.256. The number of unbranched alkanes of at least 4 members (excludes halogenated alkanes) is 1. The summed E-state index contributed by atoms with van der Waals surface area (Å²) < 4.78 is 8.05. The Labute approximate surface area is 162 Å². The van der Waals surface area contributed by atoms with Crippen LogP contribution in [0, 0.1) is 0 Å². The van der Waals surface area contributed by atoms with Gasteiger partial charge >= 0.3 is 5.97 Å². The minimum Gasteiger partial charge on any atom is -0.460 e. The first kappa shape index (κ1) is 18.6. The third-order valence-electron chi connectivity index (χ3n) is 3.35. The number of rotatable bonds is 7. The molecule has 0 aromatic carbocycles. The number of carbonyl (C=O) groups excluding carboxylic acids is 1. The van der Waals surface area contributed by atoms with Crippen LogP contribution in [0.5, 0.6) is 0 Å². The average Bonchev–Trinajstić information content (AvgIpc) is 3.31. The molecule has 3 aliphatic heterocycles. The molecule has 3 heterocycles. The maximum Gasteiger partial charge on any atom is 0.306 e. The lowest BCUT2D eigenvalue weighted by Crippen LogP contribution is -2.06. The van der Waals surface area contributed by atoms with Gasteiger partial charge in [-0.1, -0.05) is 75.1 Å². The molecule has 0 N–H and O–H groups in total. The summed E-state index contributed by atoms with van der Waals surface area (Å²) in [5.41, 5.74) is 0. The highest BCUT2D eigenvalue weighted by Crippen LogP contribution is 2.53. The van der Waals surface area contributed by atoms with Crippen LogP contribution >= 0.6 is 68.6 Å². The van der Waals surface area contributed by atoms with Gasteiger partial charge in [0.1, 0.15) is 6.61 Å². The van der Waals surface area contributed by atoms with Crippen molar-refractivity contribution in [2.45, 2.75) is 37.4 Å². The van der Waals surface area contributed by atoms with E-state index in [9.17, 15) is 4.79 Å². The Morgan fingerprint density at radius 1 is 1.17 bits per heavy atom. The van der Waals surface area contributed by atoms with Crippen molar-refractivity contribution >= 4 is 74.6 Å². The zero-order chi connectivity index (χ0) is 15.9. The van der Waals surface area contributed by atoms with E-state index in [2.05, 4.69) is 16.2 Å². The summed E-state index contributed by atoms with van der Waals surface area (Å²) in [5, 5.41) is 7.12. The van der Waals surface area contributed by atoms with Crippen LogP contribution in [0.2, 0.25) is 0 Å². The highest BCUT2D eigenvalue weighted by molar-refractivity contribution is 8.77. The van der Waals surface area contributed by atoms with Crippen molar-refractivity contribution in [2.75, 3.05) is 12.4 Å². The Bertz CT molecular complexity index is 512. The zero-order valence-corrected chi connectivity index (χ0v) is 17.4. The Morgan fingerprint density at radius 3 is 2.83 bits per heavy atom. The van der Waals surface area contributed by atoms with E-state index in [0.29, 0.717) is 13.0 Å². The second-order valence-corrected chi connectivity index (χ2v) is 12.3. The van der Waals surface area contributed by atoms with Crippen LogP contribution in [-0.2, 0) is 9.53 Å². The van der Waals surface area contributed by atoms with Gasteiger partial charge in [-0.15, -0.1) is 0 Å². The second kappa shape index (κ2) is 10.1. The molecule has 0 aliphatic carbocycles. The lowest BCUT2D eigenvalue weighted by atomic mass is 10.1. The van der Waals surface area contributed by atoms with E-state index in [4.69, 9.17) is 4.74 Å². The minimum absolute atomic E-state index is 0.0580. The molecule has 0 amide bonds. The molecule has 126 valence electrons. The third kappa shape index (κ3) is 6.22. The molecule has 1 fully saturated rings. The molecule has 0 aromatic heterocycles. The van der Waals surface area contributed by atoms with Gasteiger partial charge in [-0.2, -0.15) is 0 Å². The normalized spacial score (nSPS) is 23.7. The molecular weight excluding hydrogens is 405 g/mol. The summed E-state index contributed by atoms with van der Waals surface area (Å²) in [6.07, 6.45) is 5.21. The van der Waals surface area contributed by atoms with E-state index in [1.165, 1.54) is 27.1 Å². The van der Waals surface area contributed by atoms with Crippen LogP contribution < -0.4 is 0 Å². The van der Waals surface area contributed by atoms with E-state index in [1.54, 1.807) is 47.0 Å². The van der Waals surface area contributed by atoms with Gasteiger partial charge in [0, 0.05) is 22.3 Å². The first-order chi connectivity index (χ1) is 11.3. The highest BCUT2D eigenvalue weighted by Gasteiger charge is 2.20. The van der Waals surface area contributed by atoms with Crippen LogP contribution in [0.15, 0.2) is 29.6 Å². The lowest BCUT2D eigenvalue weighted by Gasteiger charge is -2.07. The number of ether oxygens (including phenoxy) is 1. The SMILES string of the molecule is O=C(CCCCC1CCSS1)OCC1=CSC(=C2SC=CS2)S1. The number of hydrogen-bond donors (Lipinski definition) is 0. The van der Waals surface area contributed by atoms with Crippen LogP contribution in [0.4, 0.5) is 0 Å². The van der Waals surface area contributed by atoms with Gasteiger partial charge in [-0.3, -0.25) is 4.79 Å². The molecule has 0 bridgehead atoms. The fourth-order valence-electron chi connectivity index (χ4n) is 2.17. The molecule has 1 saturated heterocycles. The Balaban J connectivity index is 1.27. The topological polar surface area (TPSA) is 26.3 Å². The van der Waals surface area contributed by atoms with Gasteiger partial charge in [0.25, 0.3) is 0 Å². The Morgan fingerprint density at radius 2 is 2.04 bits per heavy atom. The fraction of sp³-hybridized carbons (Fsp3) is 0.533. The van der Waals surface area contributed by atoms with Gasteiger partial charge in [0.05, 0.1) is 8.47 Å². The van der Waals surface area contributed by atoms with Crippen molar-refractivity contribution in [3.63, 3.8) is 0 Å². The van der Waals surface area contributed by atoms with Gasteiger partial charge in [0.15, 0.2) is 0 Å². The van der Waals surface area contributed by atoms with Crippen molar-refractivity contribution in [1.29, 1.82) is 0 Å². The van der Waals surface area contributed by atoms with Crippen LogP contribution in [0.1, 0.15) is 32.1 Å². The van der Waals surface area contributed by atoms with E-state index in [-0.39, 0.29) is 5.97 Å². The van der Waals surface area contributed by atoms with Gasteiger partial charge in [0.2, 0.25) is 0 Å². The van der Waals surface area contributed by atoms with Crippen LogP contribution in [-0.4, -0.2) is 23.6 Å². The summed E-state index contributed by atoms with van der Waals surface area (Å²) in [6.45, 7) is 0.422. The largest absolute Gasteiger partial charge is 0.460 e. The smallest absolute Gasteiger partial charge is 0.306 e. The Kier molecular flexibility index (Phi) is 8.13. The van der Waals surface area contributed by atoms with Crippen molar-refractivity contribution in [1.82, 2.24) is 0 Å². The Hall–Kier alpha value is 0.790. The van der Waals surface area contributed by atoms with Crippen molar-refractivity contribution in [3.05, 3.63) is 29.6 Å². The fourth-order valence-corrected chi connectivity index (χ4v) is 9.59. The van der Waals surface area contributed by atoms with Gasteiger partial charge < -0.3 is 4.74 Å². The summed E-state index contributed by atoms with van der Waals surface area (Å²) in [5.74, 6) is 1.23. The lowest BCUT2D eigenvalue weighted by molar-refractivity contribution is -0.142. The average molecular weight is 423 g/mol. The summed E-state index contributed by atoms with van der Waals surface area (Å²) in [6, 6.07) is 0. The molecule has 8 heteroatoms. The van der Waals surface area contributed by atoms with Crippen molar-refractivity contribution < 1.29 is 9.53 Å². The maximum atomic E-state index is 11.8. The monoisotopic (exact) mass is 422 g/mol. The minimum atomic E-state index is -0.0580. The molecule has 23 heavy (non-hydrogen) atoms. The molecule has 2 nitrogen and oxygen atoms in total. The summed E-state index contributed by atoms with van der Waals surface area (Å²) >= 11 is 7.01. The molecule has 0 radical (unpaired) electrons. The number of thioether (sulfide) groups is 4. The third-order valence-corrected chi connectivity index (χ3v) is 11.4. The number of carbonyl (C=O) groups is 1. The predicted molar refractivity (Wildman–Crippen MR) is 112 cm³/mol. The van der Waals surface area contributed by atoms with E-state index in [0.717, 1.165) is 23.0 Å². The molecule has 1 unspecified atom stereocenters. The molecule has 0 spiro atoms. The molecule has 1 atom stereocenters. The van der Waals surface area contributed by atoms with E-state index < -0.39 is 0 Å². The first-order valence-corrected chi connectivity index (χ1v) is 13.3. The summed E-state index contributed by atoms with van der Waals surface area (Å²) in [4.78, 5) is 13.0. The summed E-state index contributed by atoms with van der Waals surface area (Å²) in [7, 11) is 4.00. The van der Waals surface area contributed by atoms with E-state index >= 15 is 0 Å².